The number of benzene rings is 1. The van der Waals surface area contributed by atoms with Crippen LogP contribution in [0.2, 0.25) is 0 Å². The van der Waals surface area contributed by atoms with E-state index in [9.17, 15) is 18.4 Å². The number of hydrogen-bond donors (Lipinski definition) is 3. The van der Waals surface area contributed by atoms with Gasteiger partial charge in [-0.2, -0.15) is 8.78 Å². The lowest BCUT2D eigenvalue weighted by atomic mass is 10.2. The molecule has 0 heterocycles. The topological polar surface area (TPSA) is 96.9 Å². The van der Waals surface area contributed by atoms with E-state index in [1.54, 1.807) is 0 Å². The second-order valence-electron chi connectivity index (χ2n) is 4.49. The summed E-state index contributed by atoms with van der Waals surface area (Å²) in [6.45, 7) is -2.32. The maximum absolute atomic E-state index is 12.0. The Morgan fingerprint density at radius 3 is 2.43 bits per heavy atom. The van der Waals surface area contributed by atoms with Gasteiger partial charge < -0.3 is 25.2 Å². The number of alkyl halides is 2. The third kappa shape index (κ3) is 7.52. The van der Waals surface area contributed by atoms with Crippen molar-refractivity contribution in [3.63, 3.8) is 0 Å². The molecule has 0 saturated carbocycles. The Bertz CT molecular complexity index is 510. The number of ether oxygens (including phenoxy) is 2. The highest BCUT2D eigenvalue weighted by molar-refractivity contribution is 5.94. The number of hydrogen-bond acceptors (Lipinski definition) is 5. The molecule has 0 fully saturated rings. The molecule has 128 valence electrons. The van der Waals surface area contributed by atoms with E-state index in [0.717, 1.165) is 0 Å². The second-order valence-corrected chi connectivity index (χ2v) is 4.49. The van der Waals surface area contributed by atoms with Crippen molar-refractivity contribution in [2.45, 2.75) is 19.1 Å². The number of methoxy groups -OCH3 is 1. The Balaban J connectivity index is 2.51. The predicted molar refractivity (Wildman–Crippen MR) is 77.6 cm³/mol. The first kappa shape index (κ1) is 18.8. The Morgan fingerprint density at radius 1 is 1.26 bits per heavy atom. The third-order valence-corrected chi connectivity index (χ3v) is 2.75. The zero-order valence-corrected chi connectivity index (χ0v) is 12.4. The largest absolute Gasteiger partial charge is 0.480 e. The lowest BCUT2D eigenvalue weighted by molar-refractivity contribution is -0.141. The minimum Gasteiger partial charge on any atom is -0.480 e. The van der Waals surface area contributed by atoms with Crippen LogP contribution in [-0.4, -0.2) is 49.9 Å². The number of aliphatic carboxylic acids is 1. The Morgan fingerprint density at radius 2 is 1.91 bits per heavy atom. The molecule has 0 aromatic heterocycles. The van der Waals surface area contributed by atoms with Crippen molar-refractivity contribution in [2.75, 3.05) is 25.6 Å². The van der Waals surface area contributed by atoms with E-state index < -0.39 is 24.5 Å². The van der Waals surface area contributed by atoms with Crippen LogP contribution in [0.3, 0.4) is 0 Å². The number of nitrogens with one attached hydrogen (secondary N) is 2. The van der Waals surface area contributed by atoms with E-state index in [4.69, 9.17) is 9.84 Å². The van der Waals surface area contributed by atoms with Gasteiger partial charge in [-0.05, 0) is 24.3 Å². The van der Waals surface area contributed by atoms with Gasteiger partial charge in [-0.25, -0.2) is 0 Å². The lowest BCUT2D eigenvalue weighted by Gasteiger charge is -2.14. The normalized spacial score (nSPS) is 12.0. The number of carboxylic acid groups (broad SMARTS) is 1. The van der Waals surface area contributed by atoms with E-state index >= 15 is 0 Å². The van der Waals surface area contributed by atoms with Crippen LogP contribution in [0.15, 0.2) is 24.3 Å². The summed E-state index contributed by atoms with van der Waals surface area (Å²) in [5, 5.41) is 14.2. The van der Waals surface area contributed by atoms with Crippen molar-refractivity contribution >= 4 is 17.6 Å². The van der Waals surface area contributed by atoms with Crippen LogP contribution >= 0.6 is 0 Å². The third-order valence-electron chi connectivity index (χ3n) is 2.75. The fraction of sp³-hybridized carbons (Fsp3) is 0.429. The van der Waals surface area contributed by atoms with Gasteiger partial charge >= 0.3 is 12.6 Å². The first-order valence-electron chi connectivity index (χ1n) is 6.72. The summed E-state index contributed by atoms with van der Waals surface area (Å²) in [7, 11) is 1.48. The fourth-order valence-electron chi connectivity index (χ4n) is 1.70. The van der Waals surface area contributed by atoms with Gasteiger partial charge in [-0.15, -0.1) is 0 Å². The van der Waals surface area contributed by atoms with Crippen LogP contribution in [0.5, 0.6) is 5.75 Å². The molecule has 0 aliphatic heterocycles. The minimum absolute atomic E-state index is 0.0392. The van der Waals surface area contributed by atoms with Crippen molar-refractivity contribution in [2.24, 2.45) is 0 Å². The number of carbonyl (C=O) groups excluding carboxylic acids is 1. The van der Waals surface area contributed by atoms with Gasteiger partial charge in [0.25, 0.3) is 0 Å². The molecule has 23 heavy (non-hydrogen) atoms. The maximum Gasteiger partial charge on any atom is 0.387 e. The molecule has 1 amide bonds. The lowest BCUT2D eigenvalue weighted by Crippen LogP contribution is -2.41. The molecular weight excluding hydrogens is 314 g/mol. The molecule has 0 aliphatic rings. The molecule has 0 aliphatic carbocycles. The van der Waals surface area contributed by atoms with Crippen molar-refractivity contribution in [3.8, 4) is 5.75 Å². The summed E-state index contributed by atoms with van der Waals surface area (Å²) < 4.78 is 33.0. The van der Waals surface area contributed by atoms with Crippen molar-refractivity contribution in [3.05, 3.63) is 24.3 Å². The number of halogens is 2. The van der Waals surface area contributed by atoms with Gasteiger partial charge in [0.05, 0.1) is 13.0 Å². The van der Waals surface area contributed by atoms with Crippen LogP contribution in [0.1, 0.15) is 6.42 Å². The molecule has 0 bridgehead atoms. The monoisotopic (exact) mass is 332 g/mol. The zero-order chi connectivity index (χ0) is 17.2. The smallest absolute Gasteiger partial charge is 0.387 e. The van der Waals surface area contributed by atoms with E-state index in [1.165, 1.54) is 31.4 Å². The number of amides is 1. The van der Waals surface area contributed by atoms with Gasteiger partial charge in [0.2, 0.25) is 5.91 Å². The predicted octanol–water partition coefficient (Wildman–Crippen LogP) is 1.31. The fourth-order valence-corrected chi connectivity index (χ4v) is 1.70. The van der Waals surface area contributed by atoms with Crippen molar-refractivity contribution in [1.29, 1.82) is 0 Å². The van der Waals surface area contributed by atoms with Crippen molar-refractivity contribution in [1.82, 2.24) is 5.32 Å². The highest BCUT2D eigenvalue weighted by Gasteiger charge is 2.20. The molecule has 1 rings (SSSR count). The van der Waals surface area contributed by atoms with E-state index in [2.05, 4.69) is 15.4 Å². The van der Waals surface area contributed by atoms with E-state index in [1.807, 2.05) is 0 Å². The molecule has 1 aromatic rings. The molecule has 3 N–H and O–H groups in total. The summed E-state index contributed by atoms with van der Waals surface area (Å²) in [5.41, 5.74) is 0.345. The van der Waals surface area contributed by atoms with Crippen LogP contribution in [0, 0.1) is 0 Å². The minimum atomic E-state index is -2.93. The molecule has 9 heteroatoms. The van der Waals surface area contributed by atoms with Gasteiger partial charge in [-0.3, -0.25) is 9.59 Å². The molecule has 0 spiro atoms. The second kappa shape index (κ2) is 9.70. The standard InChI is InChI=1S/C14H18F2N2O5/c1-22-7-6-17-11(13(20)21)8-12(19)18-9-2-4-10(5-3-9)23-14(15)16/h2-5,11,14,17H,6-8H2,1H3,(H,18,19)(H,20,21). The number of rotatable bonds is 10. The first-order chi connectivity index (χ1) is 10.9. The van der Waals surface area contributed by atoms with Gasteiger partial charge in [0.15, 0.2) is 0 Å². The summed E-state index contributed by atoms with van der Waals surface area (Å²) >= 11 is 0. The van der Waals surface area contributed by atoms with Crippen LogP contribution in [0.25, 0.3) is 0 Å². The molecule has 7 nitrogen and oxygen atoms in total. The van der Waals surface area contributed by atoms with Crippen molar-refractivity contribution < 1.29 is 33.0 Å². The van der Waals surface area contributed by atoms with Crippen LogP contribution < -0.4 is 15.4 Å². The molecular formula is C14H18F2N2O5. The SMILES string of the molecule is COCCNC(CC(=O)Nc1ccc(OC(F)F)cc1)C(=O)O. The first-order valence-corrected chi connectivity index (χ1v) is 6.72. The van der Waals surface area contributed by atoms with E-state index in [0.29, 0.717) is 18.8 Å². The summed E-state index contributed by atoms with van der Waals surface area (Å²) in [5.74, 6) is -1.72. The van der Waals surface area contributed by atoms with Gasteiger partial charge in [0.1, 0.15) is 11.8 Å². The molecule has 0 saturated heterocycles. The van der Waals surface area contributed by atoms with Gasteiger partial charge in [0, 0.05) is 19.3 Å². The number of anilines is 1. The Hall–Kier alpha value is -2.26. The summed E-state index contributed by atoms with van der Waals surface area (Å²) in [6.07, 6.45) is -0.283. The Labute approximate surface area is 131 Å². The molecule has 1 unspecified atom stereocenters. The quantitative estimate of drug-likeness (QED) is 0.559. The highest BCUT2D eigenvalue weighted by atomic mass is 19.3. The molecule has 1 atom stereocenters. The van der Waals surface area contributed by atoms with E-state index in [-0.39, 0.29) is 12.2 Å². The number of carboxylic acids is 1. The average molecular weight is 332 g/mol. The highest BCUT2D eigenvalue weighted by Crippen LogP contribution is 2.17. The summed E-state index contributed by atoms with van der Waals surface area (Å²) in [6, 6.07) is 4.25. The average Bonchev–Trinajstić information content (AvgIpc) is 2.47. The number of carbonyl (C=O) groups is 2. The molecule has 1 aromatic carbocycles. The van der Waals surface area contributed by atoms with Crippen LogP contribution in [0.4, 0.5) is 14.5 Å². The zero-order valence-electron chi connectivity index (χ0n) is 12.4. The Kier molecular flexibility index (Phi) is 7.92. The van der Waals surface area contributed by atoms with Gasteiger partial charge in [-0.1, -0.05) is 0 Å². The molecule has 0 radical (unpaired) electrons. The van der Waals surface area contributed by atoms with Crippen LogP contribution in [-0.2, 0) is 14.3 Å². The maximum atomic E-state index is 12.0. The summed E-state index contributed by atoms with van der Waals surface area (Å²) in [4.78, 5) is 22.9.